The van der Waals surface area contributed by atoms with E-state index in [1.165, 1.54) is 0 Å². The lowest BCUT2D eigenvalue weighted by Crippen LogP contribution is -2.30. The van der Waals surface area contributed by atoms with Gasteiger partial charge < -0.3 is 10.4 Å². The molecule has 3 heteroatoms. The number of nitrogens with one attached hydrogen (secondary N) is 1. The Morgan fingerprint density at radius 3 is 2.18 bits per heavy atom. The number of hydrogen-bond donors (Lipinski definition) is 2. The zero-order chi connectivity index (χ0) is 13.3. The minimum absolute atomic E-state index is 0.299. The monoisotopic (exact) mass is 243 g/mol. The number of rotatable bonds is 10. The lowest BCUT2D eigenvalue weighted by molar-refractivity contribution is -0.137. The fraction of sp³-hybridized carbons (Fsp3) is 0.929. The van der Waals surface area contributed by atoms with Gasteiger partial charge in [-0.15, -0.1) is 0 Å². The SMILES string of the molecule is CCC(CC)NCCC(CCC(=O)O)C(C)C. The number of carboxylic acids is 1. The Morgan fingerprint density at radius 1 is 1.18 bits per heavy atom. The van der Waals surface area contributed by atoms with Crippen LogP contribution in [0.15, 0.2) is 0 Å². The van der Waals surface area contributed by atoms with Crippen LogP contribution < -0.4 is 5.32 Å². The average Bonchev–Trinajstić information content (AvgIpc) is 2.27. The number of aliphatic carboxylic acids is 1. The maximum absolute atomic E-state index is 10.6. The van der Waals surface area contributed by atoms with E-state index in [9.17, 15) is 4.79 Å². The molecule has 0 heterocycles. The van der Waals surface area contributed by atoms with Crippen molar-refractivity contribution < 1.29 is 9.90 Å². The van der Waals surface area contributed by atoms with Crippen molar-refractivity contribution in [3.8, 4) is 0 Å². The van der Waals surface area contributed by atoms with E-state index in [2.05, 4.69) is 33.0 Å². The van der Waals surface area contributed by atoms with Crippen LogP contribution in [-0.4, -0.2) is 23.7 Å². The van der Waals surface area contributed by atoms with Gasteiger partial charge in [0.25, 0.3) is 0 Å². The molecule has 0 fully saturated rings. The first-order chi connectivity index (χ1) is 8.01. The lowest BCUT2D eigenvalue weighted by Gasteiger charge is -2.22. The molecule has 1 unspecified atom stereocenters. The second-order valence-corrected chi connectivity index (χ2v) is 5.19. The van der Waals surface area contributed by atoms with Crippen molar-refractivity contribution in [3.05, 3.63) is 0 Å². The third-order valence-corrected chi connectivity index (χ3v) is 3.61. The maximum Gasteiger partial charge on any atom is 0.303 e. The molecule has 0 rings (SSSR count). The summed E-state index contributed by atoms with van der Waals surface area (Å²) in [4.78, 5) is 10.6. The topological polar surface area (TPSA) is 49.3 Å². The van der Waals surface area contributed by atoms with E-state index in [-0.39, 0.29) is 0 Å². The van der Waals surface area contributed by atoms with Crippen LogP contribution in [0.25, 0.3) is 0 Å². The van der Waals surface area contributed by atoms with Crippen LogP contribution >= 0.6 is 0 Å². The van der Waals surface area contributed by atoms with Crippen LogP contribution in [0.4, 0.5) is 0 Å². The molecule has 3 nitrogen and oxygen atoms in total. The maximum atomic E-state index is 10.6. The predicted molar refractivity (Wildman–Crippen MR) is 72.2 cm³/mol. The first-order valence-corrected chi connectivity index (χ1v) is 6.96. The highest BCUT2D eigenvalue weighted by molar-refractivity contribution is 5.66. The van der Waals surface area contributed by atoms with Gasteiger partial charge in [-0.3, -0.25) is 4.79 Å². The summed E-state index contributed by atoms with van der Waals surface area (Å²) in [6.07, 6.45) is 4.52. The Labute approximate surface area is 106 Å². The highest BCUT2D eigenvalue weighted by Gasteiger charge is 2.15. The van der Waals surface area contributed by atoms with Gasteiger partial charge in [0.15, 0.2) is 0 Å². The minimum atomic E-state index is -0.677. The van der Waals surface area contributed by atoms with E-state index < -0.39 is 5.97 Å². The molecule has 0 spiro atoms. The van der Waals surface area contributed by atoms with Gasteiger partial charge in [-0.2, -0.15) is 0 Å². The number of carbonyl (C=O) groups is 1. The highest BCUT2D eigenvalue weighted by atomic mass is 16.4. The van der Waals surface area contributed by atoms with E-state index in [1.807, 2.05) is 0 Å². The second-order valence-electron chi connectivity index (χ2n) is 5.19. The Balaban J connectivity index is 3.88. The van der Waals surface area contributed by atoms with Gasteiger partial charge in [-0.1, -0.05) is 27.7 Å². The third kappa shape index (κ3) is 8.19. The fourth-order valence-corrected chi connectivity index (χ4v) is 2.17. The second kappa shape index (κ2) is 9.46. The summed E-state index contributed by atoms with van der Waals surface area (Å²) in [5.41, 5.74) is 0. The fourth-order valence-electron chi connectivity index (χ4n) is 2.17. The summed E-state index contributed by atoms with van der Waals surface area (Å²) < 4.78 is 0. The van der Waals surface area contributed by atoms with Crippen molar-refractivity contribution in [2.24, 2.45) is 11.8 Å². The zero-order valence-electron chi connectivity index (χ0n) is 11.8. The van der Waals surface area contributed by atoms with Crippen molar-refractivity contribution in [3.63, 3.8) is 0 Å². The van der Waals surface area contributed by atoms with Crippen molar-refractivity contribution >= 4 is 5.97 Å². The summed E-state index contributed by atoms with van der Waals surface area (Å²) in [7, 11) is 0. The molecule has 0 aromatic rings. The average molecular weight is 243 g/mol. The smallest absolute Gasteiger partial charge is 0.303 e. The molecule has 2 N–H and O–H groups in total. The Hall–Kier alpha value is -0.570. The summed E-state index contributed by atoms with van der Waals surface area (Å²) >= 11 is 0. The molecule has 102 valence electrons. The van der Waals surface area contributed by atoms with Crippen LogP contribution in [0.1, 0.15) is 59.8 Å². The van der Waals surface area contributed by atoms with Gasteiger partial charge in [0.2, 0.25) is 0 Å². The van der Waals surface area contributed by atoms with Crippen LogP contribution in [0, 0.1) is 11.8 Å². The molecule has 1 atom stereocenters. The van der Waals surface area contributed by atoms with Crippen LogP contribution in [0.2, 0.25) is 0 Å². The van der Waals surface area contributed by atoms with Crippen molar-refractivity contribution in [1.82, 2.24) is 5.32 Å². The van der Waals surface area contributed by atoms with E-state index >= 15 is 0 Å². The minimum Gasteiger partial charge on any atom is -0.481 e. The summed E-state index contributed by atoms with van der Waals surface area (Å²) in [5, 5.41) is 12.3. The first-order valence-electron chi connectivity index (χ1n) is 6.96. The molecule has 0 bridgehead atoms. The van der Waals surface area contributed by atoms with Gasteiger partial charge >= 0.3 is 5.97 Å². The predicted octanol–water partition coefficient (Wildman–Crippen LogP) is 3.29. The molecule has 0 aromatic heterocycles. The molecule has 0 aliphatic carbocycles. The van der Waals surface area contributed by atoms with Gasteiger partial charge in [0, 0.05) is 12.5 Å². The van der Waals surface area contributed by atoms with Gasteiger partial charge in [0.1, 0.15) is 0 Å². The normalized spacial score (nSPS) is 13.3. The lowest BCUT2D eigenvalue weighted by atomic mass is 9.88. The highest BCUT2D eigenvalue weighted by Crippen LogP contribution is 2.20. The molecule has 0 aliphatic heterocycles. The first kappa shape index (κ1) is 16.4. The van der Waals surface area contributed by atoms with E-state index in [0.717, 1.165) is 32.2 Å². The van der Waals surface area contributed by atoms with Gasteiger partial charge in [-0.25, -0.2) is 0 Å². The van der Waals surface area contributed by atoms with Crippen LogP contribution in [-0.2, 0) is 4.79 Å². The van der Waals surface area contributed by atoms with Crippen molar-refractivity contribution in [2.75, 3.05) is 6.54 Å². The largest absolute Gasteiger partial charge is 0.481 e. The zero-order valence-corrected chi connectivity index (χ0v) is 11.8. The Morgan fingerprint density at radius 2 is 1.76 bits per heavy atom. The van der Waals surface area contributed by atoms with E-state index in [4.69, 9.17) is 5.11 Å². The summed E-state index contributed by atoms with van der Waals surface area (Å²) in [6.45, 7) is 9.78. The molecule has 0 amide bonds. The molecule has 0 aromatic carbocycles. The third-order valence-electron chi connectivity index (χ3n) is 3.61. The Kier molecular flexibility index (Phi) is 9.14. The molecule has 17 heavy (non-hydrogen) atoms. The molecule has 0 saturated heterocycles. The molecule has 0 radical (unpaired) electrons. The van der Waals surface area contributed by atoms with Crippen molar-refractivity contribution in [1.29, 1.82) is 0 Å². The molecular formula is C14H29NO2. The molecule has 0 aliphatic rings. The summed E-state index contributed by atoms with van der Waals surface area (Å²) in [5.74, 6) is 0.411. The van der Waals surface area contributed by atoms with Crippen molar-refractivity contribution in [2.45, 2.75) is 65.8 Å². The summed E-state index contributed by atoms with van der Waals surface area (Å²) in [6, 6.07) is 0.613. The molecule has 0 saturated carbocycles. The van der Waals surface area contributed by atoms with E-state index in [1.54, 1.807) is 0 Å². The quantitative estimate of drug-likeness (QED) is 0.619. The van der Waals surface area contributed by atoms with Crippen LogP contribution in [0.3, 0.4) is 0 Å². The number of hydrogen-bond acceptors (Lipinski definition) is 2. The number of carboxylic acid groups (broad SMARTS) is 1. The van der Waals surface area contributed by atoms with E-state index in [0.29, 0.717) is 24.3 Å². The Bertz CT molecular complexity index is 200. The molecular weight excluding hydrogens is 214 g/mol. The van der Waals surface area contributed by atoms with Crippen LogP contribution in [0.5, 0.6) is 0 Å². The van der Waals surface area contributed by atoms with Gasteiger partial charge in [0.05, 0.1) is 0 Å². The van der Waals surface area contributed by atoms with Gasteiger partial charge in [-0.05, 0) is 44.1 Å². The standard InChI is InChI=1S/C14H29NO2/c1-5-13(6-2)15-10-9-12(11(3)4)7-8-14(16)17/h11-13,15H,5-10H2,1-4H3,(H,16,17).